The Labute approximate surface area is 187 Å². The minimum absolute atomic E-state index is 0.134. The summed E-state index contributed by atoms with van der Waals surface area (Å²) in [6.45, 7) is 0.342. The van der Waals surface area contributed by atoms with Crippen LogP contribution in [0.1, 0.15) is 28.2 Å². The van der Waals surface area contributed by atoms with Gasteiger partial charge in [-0.25, -0.2) is 22.5 Å². The van der Waals surface area contributed by atoms with Gasteiger partial charge in [0.25, 0.3) is 0 Å². The van der Waals surface area contributed by atoms with Crippen molar-refractivity contribution in [2.45, 2.75) is 24.3 Å². The number of fused-ring (bicyclic) bond motifs is 1. The van der Waals surface area contributed by atoms with E-state index >= 15 is 0 Å². The van der Waals surface area contributed by atoms with Gasteiger partial charge in [-0.05, 0) is 35.9 Å². The second kappa shape index (κ2) is 9.49. The molecule has 2 aromatic carbocycles. The van der Waals surface area contributed by atoms with Crippen LogP contribution in [0, 0.1) is 0 Å². The molecular formula is C22H26N4O5S. The Kier molecular flexibility index (Phi) is 6.95. The maximum absolute atomic E-state index is 12.4. The van der Waals surface area contributed by atoms with Crippen molar-refractivity contribution < 1.29 is 22.7 Å². The van der Waals surface area contributed by atoms with Gasteiger partial charge in [0, 0.05) is 40.5 Å². The molecule has 0 aliphatic carbocycles. The van der Waals surface area contributed by atoms with Crippen LogP contribution >= 0.6 is 0 Å². The van der Waals surface area contributed by atoms with Crippen LogP contribution < -0.4 is 5.32 Å². The molecule has 0 spiro atoms. The first kappa shape index (κ1) is 23.4. The summed E-state index contributed by atoms with van der Waals surface area (Å²) in [6.07, 6.45) is 0.647. The zero-order valence-corrected chi connectivity index (χ0v) is 19.3. The molecule has 0 unspecified atom stereocenters. The predicted octanol–water partition coefficient (Wildman–Crippen LogP) is 1.86. The number of amides is 1. The molecule has 10 heteroatoms. The summed E-state index contributed by atoms with van der Waals surface area (Å²) in [6, 6.07) is 11.7. The van der Waals surface area contributed by atoms with Crippen molar-refractivity contribution in [2.75, 3.05) is 21.2 Å². The van der Waals surface area contributed by atoms with Gasteiger partial charge < -0.3 is 14.6 Å². The number of benzene rings is 2. The third-order valence-corrected chi connectivity index (χ3v) is 6.97. The third kappa shape index (κ3) is 4.97. The maximum atomic E-state index is 12.4. The van der Waals surface area contributed by atoms with Gasteiger partial charge in [-0.2, -0.15) is 0 Å². The van der Waals surface area contributed by atoms with E-state index in [1.165, 1.54) is 21.2 Å². The molecule has 9 nitrogen and oxygen atoms in total. The molecule has 1 amide bonds. The number of aromatic nitrogens is 2. The largest absolute Gasteiger partial charge is 0.465 e. The second-order valence-electron chi connectivity index (χ2n) is 7.49. The van der Waals surface area contributed by atoms with Gasteiger partial charge in [-0.3, -0.25) is 4.79 Å². The average Bonchev–Trinajstić information content (AvgIpc) is 3.10. The number of esters is 1. The molecule has 0 bridgehead atoms. The number of imidazole rings is 1. The molecular weight excluding hydrogens is 432 g/mol. The van der Waals surface area contributed by atoms with E-state index < -0.39 is 16.0 Å². The van der Waals surface area contributed by atoms with Gasteiger partial charge in [0.1, 0.15) is 5.82 Å². The number of nitrogens with zero attached hydrogens (tertiary/aromatic N) is 3. The molecule has 0 radical (unpaired) electrons. The van der Waals surface area contributed by atoms with E-state index in [4.69, 9.17) is 0 Å². The number of aryl methyl sites for hydroxylation is 2. The number of sulfonamides is 1. The molecule has 3 aromatic rings. The summed E-state index contributed by atoms with van der Waals surface area (Å²) in [4.78, 5) is 28.5. The molecule has 3 rings (SSSR count). The number of methoxy groups -OCH3 is 1. The maximum Gasteiger partial charge on any atom is 0.337 e. The van der Waals surface area contributed by atoms with Crippen LogP contribution in [-0.2, 0) is 39.6 Å². The van der Waals surface area contributed by atoms with Crippen molar-refractivity contribution in [3.8, 4) is 0 Å². The van der Waals surface area contributed by atoms with Crippen molar-refractivity contribution >= 4 is 32.9 Å². The Bertz CT molecular complexity index is 1250. The van der Waals surface area contributed by atoms with Gasteiger partial charge in [0.2, 0.25) is 15.9 Å². The van der Waals surface area contributed by atoms with E-state index in [-0.39, 0.29) is 17.2 Å². The molecule has 1 aromatic heterocycles. The van der Waals surface area contributed by atoms with Crippen LogP contribution in [0.25, 0.3) is 11.0 Å². The smallest absolute Gasteiger partial charge is 0.337 e. The highest BCUT2D eigenvalue weighted by Gasteiger charge is 2.19. The van der Waals surface area contributed by atoms with Crippen LogP contribution in [0.4, 0.5) is 0 Å². The molecule has 0 aliphatic heterocycles. The minimum Gasteiger partial charge on any atom is -0.465 e. The topological polar surface area (TPSA) is 111 Å². The standard InChI is InChI=1S/C22H26N4O5S/c1-25(2)32(29,30)17-9-10-19-18(13-17)24-20(26(19)3)11-12-21(27)23-14-15-5-7-16(8-6-15)22(28)31-4/h5-10,13H,11-12,14H2,1-4H3,(H,23,27). The summed E-state index contributed by atoms with van der Waals surface area (Å²) in [5.74, 6) is 0.149. The molecule has 0 fully saturated rings. The fraction of sp³-hybridized carbons (Fsp3) is 0.318. The SMILES string of the molecule is COC(=O)c1ccc(CNC(=O)CCc2nc3cc(S(=O)(=O)N(C)C)ccc3n2C)cc1. The van der Waals surface area contributed by atoms with Crippen molar-refractivity contribution in [2.24, 2.45) is 7.05 Å². The lowest BCUT2D eigenvalue weighted by molar-refractivity contribution is -0.121. The van der Waals surface area contributed by atoms with Crippen molar-refractivity contribution in [3.05, 3.63) is 59.4 Å². The predicted molar refractivity (Wildman–Crippen MR) is 120 cm³/mol. The number of carbonyl (C=O) groups excluding carboxylic acids is 2. The van der Waals surface area contributed by atoms with Gasteiger partial charge >= 0.3 is 5.97 Å². The molecule has 32 heavy (non-hydrogen) atoms. The molecule has 0 atom stereocenters. The van der Waals surface area contributed by atoms with E-state index in [1.54, 1.807) is 42.5 Å². The highest BCUT2D eigenvalue weighted by molar-refractivity contribution is 7.89. The monoisotopic (exact) mass is 458 g/mol. The van der Waals surface area contributed by atoms with E-state index in [0.29, 0.717) is 29.9 Å². The first-order chi connectivity index (χ1) is 15.1. The molecule has 0 saturated heterocycles. The Morgan fingerprint density at radius 3 is 2.44 bits per heavy atom. The molecule has 0 aliphatic rings. The Hall–Kier alpha value is -3.24. The lowest BCUT2D eigenvalue weighted by Gasteiger charge is -2.10. The van der Waals surface area contributed by atoms with Crippen LogP contribution in [0.5, 0.6) is 0 Å². The zero-order chi connectivity index (χ0) is 23.5. The van der Waals surface area contributed by atoms with Gasteiger partial charge in [0.15, 0.2) is 0 Å². The minimum atomic E-state index is -3.55. The highest BCUT2D eigenvalue weighted by atomic mass is 32.2. The molecule has 170 valence electrons. The quantitative estimate of drug-likeness (QED) is 0.516. The number of nitrogens with one attached hydrogen (secondary N) is 1. The Morgan fingerprint density at radius 2 is 1.81 bits per heavy atom. The van der Waals surface area contributed by atoms with Crippen molar-refractivity contribution in [1.29, 1.82) is 0 Å². The number of carbonyl (C=O) groups is 2. The lowest BCUT2D eigenvalue weighted by Crippen LogP contribution is -2.23. The molecule has 0 saturated carbocycles. The van der Waals surface area contributed by atoms with Crippen LogP contribution in [0.15, 0.2) is 47.4 Å². The first-order valence-corrected chi connectivity index (χ1v) is 11.4. The summed E-state index contributed by atoms with van der Waals surface area (Å²) in [5.41, 5.74) is 2.68. The third-order valence-electron chi connectivity index (χ3n) is 5.16. The number of hydrogen-bond donors (Lipinski definition) is 1. The number of hydrogen-bond acceptors (Lipinski definition) is 6. The summed E-state index contributed by atoms with van der Waals surface area (Å²) < 4.78 is 32.4. The lowest BCUT2D eigenvalue weighted by atomic mass is 10.1. The Balaban J connectivity index is 1.62. The second-order valence-corrected chi connectivity index (χ2v) is 9.64. The summed E-state index contributed by atoms with van der Waals surface area (Å²) in [7, 11) is 2.58. The van der Waals surface area contributed by atoms with E-state index in [1.807, 2.05) is 11.6 Å². The molecule has 1 N–H and O–H groups in total. The van der Waals surface area contributed by atoms with Crippen LogP contribution in [0.3, 0.4) is 0 Å². The normalized spacial score (nSPS) is 11.7. The average molecular weight is 459 g/mol. The highest BCUT2D eigenvalue weighted by Crippen LogP contribution is 2.21. The van der Waals surface area contributed by atoms with E-state index in [0.717, 1.165) is 15.4 Å². The van der Waals surface area contributed by atoms with E-state index in [9.17, 15) is 18.0 Å². The van der Waals surface area contributed by atoms with Gasteiger partial charge in [0.05, 0.1) is 28.6 Å². The van der Waals surface area contributed by atoms with Crippen LogP contribution in [-0.4, -0.2) is 55.4 Å². The fourth-order valence-corrected chi connectivity index (χ4v) is 4.14. The zero-order valence-electron chi connectivity index (χ0n) is 18.5. The number of rotatable bonds is 8. The van der Waals surface area contributed by atoms with Crippen LogP contribution in [0.2, 0.25) is 0 Å². The summed E-state index contributed by atoms with van der Waals surface area (Å²) >= 11 is 0. The first-order valence-electron chi connectivity index (χ1n) is 9.95. The molecule has 1 heterocycles. The fourth-order valence-electron chi connectivity index (χ4n) is 3.22. The van der Waals surface area contributed by atoms with Gasteiger partial charge in [-0.1, -0.05) is 12.1 Å². The summed E-state index contributed by atoms with van der Waals surface area (Å²) in [5, 5.41) is 2.85. The van der Waals surface area contributed by atoms with Crippen molar-refractivity contribution in [1.82, 2.24) is 19.2 Å². The van der Waals surface area contributed by atoms with Gasteiger partial charge in [-0.15, -0.1) is 0 Å². The Morgan fingerprint density at radius 1 is 1.12 bits per heavy atom. The van der Waals surface area contributed by atoms with Crippen molar-refractivity contribution in [3.63, 3.8) is 0 Å². The number of ether oxygens (including phenoxy) is 1. The van der Waals surface area contributed by atoms with E-state index in [2.05, 4.69) is 15.0 Å².